The highest BCUT2D eigenvalue weighted by Gasteiger charge is 2.22. The molecule has 0 bridgehead atoms. The van der Waals surface area contributed by atoms with Crippen LogP contribution >= 0.6 is 0 Å². The van der Waals surface area contributed by atoms with Crippen LogP contribution in [0.1, 0.15) is 5.82 Å². The van der Waals surface area contributed by atoms with E-state index in [4.69, 9.17) is 4.65 Å². The number of aryl methyl sites for hydroxylation is 1. The summed E-state index contributed by atoms with van der Waals surface area (Å²) in [6.45, 7) is 1.84. The summed E-state index contributed by atoms with van der Waals surface area (Å²) in [6.07, 6.45) is 3.12. The Morgan fingerprint density at radius 1 is 1.50 bits per heavy atom. The highest BCUT2D eigenvalue weighted by molar-refractivity contribution is 6.46. The van der Waals surface area contributed by atoms with Crippen molar-refractivity contribution in [1.29, 1.82) is 0 Å². The molecule has 2 aromatic heterocycles. The highest BCUT2D eigenvalue weighted by Crippen LogP contribution is 2.18. The zero-order valence-corrected chi connectivity index (χ0v) is 7.51. The first kappa shape index (κ1) is 7.49. The molecule has 1 aliphatic rings. The van der Waals surface area contributed by atoms with Crippen LogP contribution in [-0.2, 0) is 0 Å². The van der Waals surface area contributed by atoms with Gasteiger partial charge in [0.05, 0.1) is 6.20 Å². The summed E-state index contributed by atoms with van der Waals surface area (Å²) in [5, 5.41) is 4.24. The van der Waals surface area contributed by atoms with E-state index in [1.54, 1.807) is 10.9 Å². The van der Waals surface area contributed by atoms with E-state index in [0.717, 1.165) is 17.2 Å². The molecule has 0 unspecified atom stereocenters. The summed E-state index contributed by atoms with van der Waals surface area (Å²) >= 11 is 0. The van der Waals surface area contributed by atoms with Gasteiger partial charge in [0.2, 0.25) is 5.88 Å². The van der Waals surface area contributed by atoms with E-state index in [9.17, 15) is 0 Å². The Morgan fingerprint density at radius 3 is 3.36 bits per heavy atom. The molecular formula is C7H6BN5O. The summed E-state index contributed by atoms with van der Waals surface area (Å²) in [4.78, 5) is 12.2. The molecule has 0 atom stereocenters. The van der Waals surface area contributed by atoms with E-state index in [2.05, 4.69) is 20.1 Å². The Bertz CT molecular complexity index is 497. The van der Waals surface area contributed by atoms with Crippen LogP contribution in [0.2, 0.25) is 0 Å². The summed E-state index contributed by atoms with van der Waals surface area (Å²) in [7, 11) is 0.408. The Kier molecular flexibility index (Phi) is 1.36. The fraction of sp³-hybridized carbons (Fsp3) is 0.143. The van der Waals surface area contributed by atoms with Gasteiger partial charge in [0, 0.05) is 0 Å². The smallest absolute Gasteiger partial charge is 0.416 e. The van der Waals surface area contributed by atoms with E-state index < -0.39 is 0 Å². The van der Waals surface area contributed by atoms with Crippen LogP contribution in [0.25, 0.3) is 5.69 Å². The molecule has 14 heavy (non-hydrogen) atoms. The van der Waals surface area contributed by atoms with Crippen molar-refractivity contribution in [2.75, 3.05) is 0 Å². The number of hydrogen-bond donors (Lipinski definition) is 0. The second-order valence-corrected chi connectivity index (χ2v) is 2.99. The molecule has 0 radical (unpaired) electrons. The van der Waals surface area contributed by atoms with Crippen LogP contribution in [0.15, 0.2) is 12.5 Å². The molecule has 1 aliphatic heterocycles. The predicted molar refractivity (Wildman–Crippen MR) is 49.1 cm³/mol. The topological polar surface area (TPSA) is 65.7 Å². The second kappa shape index (κ2) is 2.54. The lowest BCUT2D eigenvalue weighted by Crippen LogP contribution is -2.35. The Labute approximate surface area is 80.2 Å². The number of nitrogens with zero attached hydrogens (tertiary/aromatic N) is 5. The molecule has 2 aromatic rings. The van der Waals surface area contributed by atoms with E-state index in [0.29, 0.717) is 13.4 Å². The molecule has 0 fully saturated rings. The summed E-state index contributed by atoms with van der Waals surface area (Å²) in [5.41, 5.74) is 1.53. The lowest BCUT2D eigenvalue weighted by molar-refractivity contribution is 0.550. The molecule has 0 saturated heterocycles. The van der Waals surface area contributed by atoms with Gasteiger partial charge in [-0.1, -0.05) is 0 Å². The normalized spacial score (nSPS) is 12.4. The molecule has 0 saturated carbocycles. The fourth-order valence-corrected chi connectivity index (χ4v) is 1.45. The molecule has 68 valence electrons. The molecular weight excluding hydrogens is 181 g/mol. The zero-order valence-electron chi connectivity index (χ0n) is 7.51. The third-order valence-corrected chi connectivity index (χ3v) is 2.00. The number of hydrogen-bond acceptors (Lipinski definition) is 5. The Hall–Kier alpha value is -1.92. The second-order valence-electron chi connectivity index (χ2n) is 2.99. The SMILES string of the molecule is Cc1nc2n(n1)-c1cncnc1OB2. The minimum atomic E-state index is 0.408. The van der Waals surface area contributed by atoms with Gasteiger partial charge in [-0.3, -0.25) is 0 Å². The third-order valence-electron chi connectivity index (χ3n) is 2.00. The van der Waals surface area contributed by atoms with Gasteiger partial charge < -0.3 is 4.65 Å². The third kappa shape index (κ3) is 0.920. The van der Waals surface area contributed by atoms with Crippen molar-refractivity contribution >= 4 is 13.2 Å². The van der Waals surface area contributed by atoms with Crippen LogP contribution in [0.4, 0.5) is 0 Å². The van der Waals surface area contributed by atoms with Gasteiger partial charge in [0.1, 0.15) is 23.6 Å². The average Bonchev–Trinajstić information content (AvgIpc) is 2.59. The number of aromatic nitrogens is 5. The molecule has 0 amide bonds. The quantitative estimate of drug-likeness (QED) is 0.481. The molecule has 6 nitrogen and oxygen atoms in total. The van der Waals surface area contributed by atoms with Crippen molar-refractivity contribution in [3.05, 3.63) is 18.3 Å². The molecule has 0 spiro atoms. The molecule has 0 aromatic carbocycles. The van der Waals surface area contributed by atoms with Crippen LogP contribution in [0, 0.1) is 6.92 Å². The molecule has 0 N–H and O–H groups in total. The molecule has 3 rings (SSSR count). The number of fused-ring (bicyclic) bond motifs is 3. The van der Waals surface area contributed by atoms with Crippen molar-refractivity contribution < 1.29 is 4.65 Å². The monoisotopic (exact) mass is 187 g/mol. The zero-order chi connectivity index (χ0) is 9.54. The summed E-state index contributed by atoms with van der Waals surface area (Å²) in [5.74, 6) is 1.28. The van der Waals surface area contributed by atoms with Gasteiger partial charge in [-0.05, 0) is 6.92 Å². The molecule has 7 heteroatoms. The first-order chi connectivity index (χ1) is 6.84. The predicted octanol–water partition coefficient (Wildman–Crippen LogP) is -1.27. The maximum atomic E-state index is 5.39. The Morgan fingerprint density at radius 2 is 2.43 bits per heavy atom. The van der Waals surface area contributed by atoms with Crippen molar-refractivity contribution in [3.63, 3.8) is 0 Å². The van der Waals surface area contributed by atoms with Crippen molar-refractivity contribution in [3.8, 4) is 11.6 Å². The van der Waals surface area contributed by atoms with E-state index >= 15 is 0 Å². The summed E-state index contributed by atoms with van der Waals surface area (Å²) in [6, 6.07) is 0. The maximum absolute atomic E-state index is 5.39. The first-order valence-electron chi connectivity index (χ1n) is 4.20. The fourth-order valence-electron chi connectivity index (χ4n) is 1.45. The minimum absolute atomic E-state index is 0.408. The van der Waals surface area contributed by atoms with Crippen LogP contribution in [0.5, 0.6) is 5.88 Å². The van der Waals surface area contributed by atoms with E-state index in [1.165, 1.54) is 6.33 Å². The maximum Gasteiger partial charge on any atom is 0.416 e. The average molecular weight is 187 g/mol. The lowest BCUT2D eigenvalue weighted by atomic mass is 9.99. The van der Waals surface area contributed by atoms with Crippen molar-refractivity contribution in [1.82, 2.24) is 24.7 Å². The van der Waals surface area contributed by atoms with Crippen molar-refractivity contribution in [2.45, 2.75) is 6.92 Å². The standard InChI is InChI=1S/C7H6BN5O/c1-4-11-7-8-14-6-5(13(7)12-4)2-9-3-10-6/h2-3,8H,1H3. The van der Waals surface area contributed by atoms with E-state index in [1.807, 2.05) is 6.92 Å². The van der Waals surface area contributed by atoms with Gasteiger partial charge in [-0.25, -0.2) is 19.6 Å². The summed E-state index contributed by atoms with van der Waals surface area (Å²) < 4.78 is 7.11. The Balaban J connectivity index is 2.28. The van der Waals surface area contributed by atoms with Gasteiger partial charge in [-0.2, -0.15) is 5.10 Å². The van der Waals surface area contributed by atoms with Crippen LogP contribution in [0.3, 0.4) is 0 Å². The lowest BCUT2D eigenvalue weighted by Gasteiger charge is -2.14. The first-order valence-corrected chi connectivity index (χ1v) is 4.20. The highest BCUT2D eigenvalue weighted by atomic mass is 16.4. The van der Waals surface area contributed by atoms with E-state index in [-0.39, 0.29) is 0 Å². The van der Waals surface area contributed by atoms with Gasteiger partial charge in [-0.15, -0.1) is 0 Å². The minimum Gasteiger partial charge on any atom is -0.541 e. The van der Waals surface area contributed by atoms with Gasteiger partial charge in [0.15, 0.2) is 0 Å². The molecule has 0 aliphatic carbocycles. The number of rotatable bonds is 0. The van der Waals surface area contributed by atoms with Crippen LogP contribution < -0.4 is 10.4 Å². The van der Waals surface area contributed by atoms with Crippen LogP contribution in [-0.4, -0.2) is 32.2 Å². The van der Waals surface area contributed by atoms with Gasteiger partial charge >= 0.3 is 7.48 Å². The molecule has 3 heterocycles. The van der Waals surface area contributed by atoms with Crippen molar-refractivity contribution in [2.24, 2.45) is 0 Å². The van der Waals surface area contributed by atoms with Gasteiger partial charge in [0.25, 0.3) is 0 Å². The largest absolute Gasteiger partial charge is 0.541 e.